The van der Waals surface area contributed by atoms with Gasteiger partial charge in [0.15, 0.2) is 0 Å². The molecule has 18 heavy (non-hydrogen) atoms. The fraction of sp³-hybridized carbons (Fsp3) is 0.545. The van der Waals surface area contributed by atoms with E-state index in [2.05, 4.69) is 9.72 Å². The average Bonchev–Trinajstić information content (AvgIpc) is 2.85. The molecule has 6 nitrogen and oxygen atoms in total. The van der Waals surface area contributed by atoms with Crippen LogP contribution < -0.4 is 5.73 Å². The predicted molar refractivity (Wildman–Crippen MR) is 68.2 cm³/mol. The lowest BCUT2D eigenvalue weighted by Gasteiger charge is -2.19. The minimum atomic E-state index is -0.439. The van der Waals surface area contributed by atoms with Crippen molar-refractivity contribution in [3.8, 4) is 0 Å². The van der Waals surface area contributed by atoms with E-state index in [0.717, 1.165) is 6.42 Å². The van der Waals surface area contributed by atoms with Gasteiger partial charge in [0.2, 0.25) is 0 Å². The largest absolute Gasteiger partial charge is 0.468 e. The van der Waals surface area contributed by atoms with E-state index in [-0.39, 0.29) is 12.5 Å². The van der Waals surface area contributed by atoms with E-state index in [9.17, 15) is 9.59 Å². The van der Waals surface area contributed by atoms with Gasteiger partial charge >= 0.3 is 5.97 Å². The highest BCUT2D eigenvalue weighted by Crippen LogP contribution is 2.11. The maximum atomic E-state index is 12.1. The van der Waals surface area contributed by atoms with Crippen molar-refractivity contribution in [1.29, 1.82) is 0 Å². The van der Waals surface area contributed by atoms with Crippen molar-refractivity contribution in [2.45, 2.75) is 19.9 Å². The Morgan fingerprint density at radius 1 is 1.56 bits per heavy atom. The number of hydrogen-bond acceptors (Lipinski definition) is 6. The molecule has 7 heteroatoms. The summed E-state index contributed by atoms with van der Waals surface area (Å²) in [5, 5.41) is 2.36. The van der Waals surface area contributed by atoms with E-state index in [1.807, 2.05) is 6.92 Å². The third-order valence-electron chi connectivity index (χ3n) is 2.27. The number of rotatable bonds is 6. The number of thiazole rings is 1. The second-order valence-corrected chi connectivity index (χ2v) is 4.58. The summed E-state index contributed by atoms with van der Waals surface area (Å²) >= 11 is 1.34. The molecule has 0 aliphatic heterocycles. The summed E-state index contributed by atoms with van der Waals surface area (Å²) in [4.78, 5) is 28.9. The molecule has 0 spiro atoms. The van der Waals surface area contributed by atoms with E-state index in [1.54, 1.807) is 5.38 Å². The maximum Gasteiger partial charge on any atom is 0.325 e. The molecule has 1 heterocycles. The van der Waals surface area contributed by atoms with Crippen molar-refractivity contribution in [2.75, 3.05) is 20.2 Å². The number of ether oxygens (including phenoxy) is 1. The Kier molecular flexibility index (Phi) is 5.73. The molecule has 1 amide bonds. The van der Waals surface area contributed by atoms with E-state index in [1.165, 1.54) is 23.3 Å². The van der Waals surface area contributed by atoms with Crippen LogP contribution in [0.1, 0.15) is 28.8 Å². The van der Waals surface area contributed by atoms with Gasteiger partial charge in [-0.2, -0.15) is 0 Å². The second kappa shape index (κ2) is 7.07. The smallest absolute Gasteiger partial charge is 0.325 e. The Bertz CT molecular complexity index is 419. The molecule has 1 aromatic rings. The molecule has 0 aliphatic rings. The first-order valence-corrected chi connectivity index (χ1v) is 6.50. The average molecular weight is 271 g/mol. The minimum Gasteiger partial charge on any atom is -0.468 e. The van der Waals surface area contributed by atoms with Gasteiger partial charge in [-0.1, -0.05) is 6.92 Å². The Labute approximate surface area is 110 Å². The van der Waals surface area contributed by atoms with Gasteiger partial charge in [-0.25, -0.2) is 4.98 Å². The van der Waals surface area contributed by atoms with Crippen LogP contribution in [-0.4, -0.2) is 42.0 Å². The van der Waals surface area contributed by atoms with Crippen molar-refractivity contribution in [1.82, 2.24) is 9.88 Å². The zero-order valence-electron chi connectivity index (χ0n) is 10.5. The van der Waals surface area contributed by atoms with Gasteiger partial charge < -0.3 is 15.4 Å². The molecule has 0 bridgehead atoms. The van der Waals surface area contributed by atoms with E-state index in [0.29, 0.717) is 23.8 Å². The summed E-state index contributed by atoms with van der Waals surface area (Å²) in [6.45, 7) is 2.68. The molecule has 0 fully saturated rings. The summed E-state index contributed by atoms with van der Waals surface area (Å²) in [5.74, 6) is -0.704. The quantitative estimate of drug-likeness (QED) is 0.767. The molecule has 1 rings (SSSR count). The van der Waals surface area contributed by atoms with Crippen LogP contribution in [0, 0.1) is 0 Å². The van der Waals surface area contributed by atoms with Crippen molar-refractivity contribution in [2.24, 2.45) is 5.73 Å². The molecule has 0 unspecified atom stereocenters. The van der Waals surface area contributed by atoms with E-state index < -0.39 is 5.97 Å². The molecule has 0 atom stereocenters. The fourth-order valence-corrected chi connectivity index (χ4v) is 2.06. The number of esters is 1. The van der Waals surface area contributed by atoms with Crippen LogP contribution in [0.5, 0.6) is 0 Å². The van der Waals surface area contributed by atoms with Gasteiger partial charge in [0.05, 0.1) is 7.11 Å². The first-order chi connectivity index (χ1) is 8.62. The van der Waals surface area contributed by atoms with Crippen LogP contribution in [0.4, 0.5) is 0 Å². The Hall–Kier alpha value is -1.47. The topological polar surface area (TPSA) is 85.5 Å². The molecular formula is C11H17N3O3S. The minimum absolute atomic E-state index is 0.0569. The first kappa shape index (κ1) is 14.6. The number of methoxy groups -OCH3 is 1. The van der Waals surface area contributed by atoms with Gasteiger partial charge in [-0.3, -0.25) is 9.59 Å². The third-order valence-corrected chi connectivity index (χ3v) is 3.14. The number of aromatic nitrogens is 1. The molecule has 0 aromatic carbocycles. The number of nitrogens with two attached hydrogens (primary N) is 1. The molecular weight excluding hydrogens is 254 g/mol. The van der Waals surface area contributed by atoms with Crippen molar-refractivity contribution in [3.05, 3.63) is 16.1 Å². The molecule has 0 saturated carbocycles. The van der Waals surface area contributed by atoms with Gasteiger partial charge in [0, 0.05) is 18.5 Å². The maximum absolute atomic E-state index is 12.1. The van der Waals surface area contributed by atoms with Crippen LogP contribution in [0.25, 0.3) is 0 Å². The molecule has 0 radical (unpaired) electrons. The highest BCUT2D eigenvalue weighted by atomic mass is 32.1. The number of hydrogen-bond donors (Lipinski definition) is 1. The molecule has 0 saturated heterocycles. The number of carbonyl (C=O) groups excluding carboxylic acids is 2. The highest BCUT2D eigenvalue weighted by molar-refractivity contribution is 7.09. The van der Waals surface area contributed by atoms with E-state index >= 15 is 0 Å². The number of carbonyl (C=O) groups is 2. The number of amides is 1. The fourth-order valence-electron chi connectivity index (χ4n) is 1.41. The SMILES string of the molecule is CCCN(CC(=O)OC)C(=O)c1csc(CN)n1. The standard InChI is InChI=1S/C11H17N3O3S/c1-3-4-14(6-10(15)17-2)11(16)8-7-18-9(5-12)13-8/h7H,3-6,12H2,1-2H3. The second-order valence-electron chi connectivity index (χ2n) is 3.63. The Morgan fingerprint density at radius 3 is 2.78 bits per heavy atom. The lowest BCUT2D eigenvalue weighted by molar-refractivity contribution is -0.141. The van der Waals surface area contributed by atoms with E-state index in [4.69, 9.17) is 5.73 Å². The molecule has 1 aromatic heterocycles. The van der Waals surface area contributed by atoms with Crippen molar-refractivity contribution in [3.63, 3.8) is 0 Å². The zero-order chi connectivity index (χ0) is 13.5. The van der Waals surface area contributed by atoms with Gasteiger partial charge in [-0.15, -0.1) is 11.3 Å². The van der Waals surface area contributed by atoms with Crippen LogP contribution >= 0.6 is 11.3 Å². The van der Waals surface area contributed by atoms with Crippen LogP contribution in [0.2, 0.25) is 0 Å². The number of nitrogens with zero attached hydrogens (tertiary/aromatic N) is 2. The van der Waals surface area contributed by atoms with Crippen LogP contribution in [-0.2, 0) is 16.1 Å². The van der Waals surface area contributed by atoms with Gasteiger partial charge in [0.1, 0.15) is 17.2 Å². The Balaban J connectivity index is 2.78. The normalized spacial score (nSPS) is 10.2. The molecule has 0 aliphatic carbocycles. The molecule has 2 N–H and O–H groups in total. The predicted octanol–water partition coefficient (Wildman–Crippen LogP) is 0.627. The summed E-state index contributed by atoms with van der Waals surface area (Å²) in [6, 6.07) is 0. The van der Waals surface area contributed by atoms with Crippen molar-refractivity contribution < 1.29 is 14.3 Å². The van der Waals surface area contributed by atoms with Gasteiger partial charge in [-0.05, 0) is 6.42 Å². The molecule has 100 valence electrons. The van der Waals surface area contributed by atoms with Crippen LogP contribution in [0.15, 0.2) is 5.38 Å². The monoisotopic (exact) mass is 271 g/mol. The third kappa shape index (κ3) is 3.78. The lowest BCUT2D eigenvalue weighted by Crippen LogP contribution is -2.37. The summed E-state index contributed by atoms with van der Waals surface area (Å²) in [6.07, 6.45) is 0.761. The Morgan fingerprint density at radius 2 is 2.28 bits per heavy atom. The van der Waals surface area contributed by atoms with Crippen LogP contribution in [0.3, 0.4) is 0 Å². The summed E-state index contributed by atoms with van der Waals surface area (Å²) in [5.41, 5.74) is 5.78. The summed E-state index contributed by atoms with van der Waals surface area (Å²) in [7, 11) is 1.30. The summed E-state index contributed by atoms with van der Waals surface area (Å²) < 4.78 is 4.57. The lowest BCUT2D eigenvalue weighted by atomic mass is 10.3. The highest BCUT2D eigenvalue weighted by Gasteiger charge is 2.20. The van der Waals surface area contributed by atoms with Crippen molar-refractivity contribution >= 4 is 23.2 Å². The first-order valence-electron chi connectivity index (χ1n) is 5.62. The van der Waals surface area contributed by atoms with Gasteiger partial charge in [0.25, 0.3) is 5.91 Å². The zero-order valence-corrected chi connectivity index (χ0v) is 11.3.